The summed E-state index contributed by atoms with van der Waals surface area (Å²) in [6, 6.07) is 12.3. The first-order valence-electron chi connectivity index (χ1n) is 9.24. The van der Waals surface area contributed by atoms with Crippen molar-refractivity contribution in [3.8, 4) is 17.2 Å². The van der Waals surface area contributed by atoms with E-state index in [0.29, 0.717) is 23.7 Å². The van der Waals surface area contributed by atoms with Gasteiger partial charge in [0.2, 0.25) is 10.0 Å². The number of allylic oxidation sites excluding steroid dienone is 1. The van der Waals surface area contributed by atoms with Crippen molar-refractivity contribution in [3.63, 3.8) is 0 Å². The summed E-state index contributed by atoms with van der Waals surface area (Å²) in [7, 11) is -3.56. The number of carbonyl (C=O) groups is 1. The lowest BCUT2D eigenvalue weighted by atomic mass is 10.1. The fraction of sp³-hybridized carbons (Fsp3) is 0.286. The van der Waals surface area contributed by atoms with Gasteiger partial charge in [0.15, 0.2) is 11.6 Å². The molecule has 0 bridgehead atoms. The molecule has 0 unspecified atom stereocenters. The lowest BCUT2D eigenvalue weighted by Gasteiger charge is -2.23. The van der Waals surface area contributed by atoms with Crippen LogP contribution in [0.3, 0.4) is 0 Å². The van der Waals surface area contributed by atoms with Gasteiger partial charge in [0.05, 0.1) is 11.9 Å². The Bertz CT molecular complexity index is 1070. The van der Waals surface area contributed by atoms with E-state index in [2.05, 4.69) is 10.0 Å². The Labute approximate surface area is 175 Å². The molecule has 2 aromatic rings. The molecule has 1 aliphatic rings. The Balaban J connectivity index is 1.85. The van der Waals surface area contributed by atoms with Crippen LogP contribution < -0.4 is 19.5 Å². The Morgan fingerprint density at radius 1 is 1.13 bits per heavy atom. The molecule has 0 atom stereocenters. The number of hydrogen-bond acceptors (Lipinski definition) is 6. The number of carbonyl (C=O) groups excluding carboxylic acids is 1. The molecular weight excluding hydrogens is 408 g/mol. The van der Waals surface area contributed by atoms with Gasteiger partial charge >= 0.3 is 6.09 Å². The number of benzene rings is 2. The second-order valence-electron chi connectivity index (χ2n) is 7.75. The van der Waals surface area contributed by atoms with Crippen LogP contribution >= 0.6 is 0 Å². The zero-order valence-corrected chi connectivity index (χ0v) is 18.0. The van der Waals surface area contributed by atoms with E-state index in [4.69, 9.17) is 14.2 Å². The van der Waals surface area contributed by atoms with E-state index in [1.807, 2.05) is 18.2 Å². The van der Waals surface area contributed by atoms with E-state index in [9.17, 15) is 13.2 Å². The summed E-state index contributed by atoms with van der Waals surface area (Å²) in [5.41, 5.74) is 0.348. The highest BCUT2D eigenvalue weighted by molar-refractivity contribution is 7.92. The highest BCUT2D eigenvalue weighted by Gasteiger charge is 2.22. The highest BCUT2D eigenvalue weighted by atomic mass is 32.2. The van der Waals surface area contributed by atoms with E-state index >= 15 is 0 Å². The number of ether oxygens (including phenoxy) is 3. The number of anilines is 1. The van der Waals surface area contributed by atoms with Crippen molar-refractivity contribution >= 4 is 21.8 Å². The van der Waals surface area contributed by atoms with Crippen molar-refractivity contribution in [1.82, 2.24) is 5.32 Å². The summed E-state index contributed by atoms with van der Waals surface area (Å²) < 4.78 is 42.9. The number of sulfonamides is 1. The number of alkyl carbamates (subject to hydrolysis) is 1. The van der Waals surface area contributed by atoms with Gasteiger partial charge in [0.1, 0.15) is 17.1 Å². The molecule has 0 aliphatic carbocycles. The first kappa shape index (κ1) is 21.5. The molecule has 2 N–H and O–H groups in total. The molecule has 3 rings (SSSR count). The van der Waals surface area contributed by atoms with Crippen molar-refractivity contribution in [3.05, 3.63) is 60.0 Å². The molecule has 0 spiro atoms. The molecule has 160 valence electrons. The normalized spacial score (nSPS) is 13.4. The van der Waals surface area contributed by atoms with Crippen LogP contribution in [-0.4, -0.2) is 26.4 Å². The van der Waals surface area contributed by atoms with Crippen molar-refractivity contribution in [2.24, 2.45) is 0 Å². The lowest BCUT2D eigenvalue weighted by Crippen LogP contribution is -2.34. The maximum atomic E-state index is 12.0. The van der Waals surface area contributed by atoms with Crippen molar-refractivity contribution in [2.45, 2.75) is 32.8 Å². The van der Waals surface area contributed by atoms with Crippen LogP contribution in [0.4, 0.5) is 10.5 Å². The number of fused-ring (bicyclic) bond motifs is 1. The summed E-state index contributed by atoms with van der Waals surface area (Å²) >= 11 is 0. The predicted octanol–water partition coefficient (Wildman–Crippen LogP) is 4.15. The zero-order chi connectivity index (χ0) is 21.9. The Morgan fingerprint density at radius 3 is 2.47 bits per heavy atom. The van der Waals surface area contributed by atoms with Gasteiger partial charge in [-0.2, -0.15) is 0 Å². The number of nitrogens with one attached hydrogen (secondary N) is 2. The molecule has 9 heteroatoms. The van der Waals surface area contributed by atoms with Gasteiger partial charge < -0.3 is 14.2 Å². The third-order valence-electron chi connectivity index (χ3n) is 3.78. The first-order chi connectivity index (χ1) is 14.0. The second kappa shape index (κ2) is 8.27. The molecule has 0 radical (unpaired) electrons. The molecule has 8 nitrogen and oxygen atoms in total. The molecule has 1 aliphatic heterocycles. The molecule has 0 saturated carbocycles. The van der Waals surface area contributed by atoms with Gasteiger partial charge in [0, 0.05) is 11.6 Å². The summed E-state index contributed by atoms with van der Waals surface area (Å²) in [4.78, 5) is 12.0. The molecule has 0 fully saturated rings. The number of hydrogen-bond donors (Lipinski definition) is 2. The summed E-state index contributed by atoms with van der Waals surface area (Å²) in [6.07, 6.45) is 2.55. The van der Waals surface area contributed by atoms with Crippen LogP contribution in [0.25, 0.3) is 0 Å². The van der Waals surface area contributed by atoms with Crippen molar-refractivity contribution in [1.29, 1.82) is 0 Å². The molecular formula is C21H24N2O6S. The Morgan fingerprint density at radius 2 is 1.83 bits per heavy atom. The minimum absolute atomic E-state index is 0.207. The average molecular weight is 432 g/mol. The van der Waals surface area contributed by atoms with E-state index in [1.54, 1.807) is 45.0 Å². The number of rotatable bonds is 5. The van der Waals surface area contributed by atoms with Crippen LogP contribution in [0.1, 0.15) is 26.3 Å². The van der Waals surface area contributed by atoms with Crippen LogP contribution in [0.15, 0.2) is 54.4 Å². The van der Waals surface area contributed by atoms with Crippen LogP contribution in [0.2, 0.25) is 0 Å². The van der Waals surface area contributed by atoms with Crippen LogP contribution in [0, 0.1) is 0 Å². The predicted molar refractivity (Wildman–Crippen MR) is 113 cm³/mol. The van der Waals surface area contributed by atoms with E-state index in [0.717, 1.165) is 11.8 Å². The van der Waals surface area contributed by atoms with Crippen LogP contribution in [-0.2, 0) is 21.2 Å². The SMILES string of the molecule is CC(C)(C)OC(=O)NC1=CCc2cc(Oc3ccccc3)c(NS(C)(=O)=O)cc2O1. The zero-order valence-electron chi connectivity index (χ0n) is 17.2. The number of para-hydroxylation sites is 1. The fourth-order valence-corrected chi connectivity index (χ4v) is 3.24. The van der Waals surface area contributed by atoms with Gasteiger partial charge in [-0.05, 0) is 51.5 Å². The second-order valence-corrected chi connectivity index (χ2v) is 9.50. The fourth-order valence-electron chi connectivity index (χ4n) is 2.68. The summed E-state index contributed by atoms with van der Waals surface area (Å²) in [6.45, 7) is 5.28. The molecule has 1 amide bonds. The Kier molecular flexibility index (Phi) is 5.93. The topological polar surface area (TPSA) is 103 Å². The van der Waals surface area contributed by atoms with E-state index in [1.165, 1.54) is 6.07 Å². The maximum Gasteiger partial charge on any atom is 0.414 e. The van der Waals surface area contributed by atoms with Crippen molar-refractivity contribution < 1.29 is 27.4 Å². The maximum absolute atomic E-state index is 12.0. The highest BCUT2D eigenvalue weighted by Crippen LogP contribution is 2.38. The van der Waals surface area contributed by atoms with Gasteiger partial charge in [0.25, 0.3) is 0 Å². The summed E-state index contributed by atoms with van der Waals surface area (Å²) in [5.74, 6) is 1.51. The largest absolute Gasteiger partial charge is 0.455 e. The first-order valence-corrected chi connectivity index (χ1v) is 11.1. The quantitative estimate of drug-likeness (QED) is 0.736. The van der Waals surface area contributed by atoms with Gasteiger partial charge in [-0.1, -0.05) is 18.2 Å². The average Bonchev–Trinajstić information content (AvgIpc) is 2.60. The molecule has 30 heavy (non-hydrogen) atoms. The van der Waals surface area contributed by atoms with Gasteiger partial charge in [-0.25, -0.2) is 13.2 Å². The molecule has 1 heterocycles. The lowest BCUT2D eigenvalue weighted by molar-refractivity contribution is 0.0523. The van der Waals surface area contributed by atoms with E-state index < -0.39 is 21.7 Å². The monoisotopic (exact) mass is 432 g/mol. The minimum Gasteiger partial charge on any atom is -0.455 e. The van der Waals surface area contributed by atoms with Gasteiger partial charge in [-0.15, -0.1) is 0 Å². The van der Waals surface area contributed by atoms with Crippen LogP contribution in [0.5, 0.6) is 17.2 Å². The third-order valence-corrected chi connectivity index (χ3v) is 4.37. The standard InChI is InChI=1S/C21H24N2O6S/c1-21(2,3)29-20(24)22-19-11-10-14-12-18(27-15-8-6-5-7-9-15)16(13-17(14)28-19)23-30(4,25)26/h5-9,11-13,23H,10H2,1-4H3,(H,22,24). The van der Waals surface area contributed by atoms with Crippen molar-refractivity contribution in [2.75, 3.05) is 11.0 Å². The third kappa shape index (κ3) is 6.15. The Hall–Kier alpha value is -3.20. The smallest absolute Gasteiger partial charge is 0.414 e. The molecule has 0 saturated heterocycles. The molecule has 2 aromatic carbocycles. The minimum atomic E-state index is -3.56. The van der Waals surface area contributed by atoms with E-state index in [-0.39, 0.29) is 11.6 Å². The summed E-state index contributed by atoms with van der Waals surface area (Å²) in [5, 5.41) is 2.55. The molecule has 0 aromatic heterocycles. The van der Waals surface area contributed by atoms with Gasteiger partial charge in [-0.3, -0.25) is 10.0 Å². The number of amides is 1.